The lowest BCUT2D eigenvalue weighted by Gasteiger charge is -2.06. The Kier molecular flexibility index (Phi) is 4.64. The second-order valence-corrected chi connectivity index (χ2v) is 5.64. The van der Waals surface area contributed by atoms with Crippen LogP contribution >= 0.6 is 23.2 Å². The highest BCUT2D eigenvalue weighted by atomic mass is 35.5. The first-order valence-electron chi connectivity index (χ1n) is 6.80. The molecule has 2 heterocycles. The molecule has 22 heavy (non-hydrogen) atoms. The van der Waals surface area contributed by atoms with Crippen molar-refractivity contribution >= 4 is 28.8 Å². The van der Waals surface area contributed by atoms with Gasteiger partial charge >= 0.3 is 0 Å². The smallest absolute Gasteiger partial charge is 0.139 e. The summed E-state index contributed by atoms with van der Waals surface area (Å²) in [5, 5.41) is 10.2. The van der Waals surface area contributed by atoms with Gasteiger partial charge in [0.25, 0.3) is 0 Å². The van der Waals surface area contributed by atoms with Crippen LogP contribution in [0.2, 0.25) is 10.0 Å². The maximum atomic E-state index is 8.88. The van der Waals surface area contributed by atoms with Gasteiger partial charge in [-0.3, -0.25) is 0 Å². The van der Waals surface area contributed by atoms with E-state index in [1.54, 1.807) is 12.1 Å². The fraction of sp³-hybridized carbons (Fsp3) is 0.188. The lowest BCUT2D eigenvalue weighted by Crippen LogP contribution is -2.03. The number of hydrogen-bond acceptors (Lipinski definition) is 3. The summed E-state index contributed by atoms with van der Waals surface area (Å²) in [4.78, 5) is 4.65. The van der Waals surface area contributed by atoms with Gasteiger partial charge in [0.15, 0.2) is 0 Å². The highest BCUT2D eigenvalue weighted by molar-refractivity contribution is 6.31. The third-order valence-corrected chi connectivity index (χ3v) is 3.77. The van der Waals surface area contributed by atoms with E-state index in [9.17, 15) is 0 Å². The largest absolute Gasteiger partial charge is 0.394 e. The minimum absolute atomic E-state index is 0.0150. The summed E-state index contributed by atoms with van der Waals surface area (Å²) in [6, 6.07) is 11.1. The Bertz CT molecular complexity index is 785. The lowest BCUT2D eigenvalue weighted by molar-refractivity contribution is 0.0796. The molecule has 2 aromatic heterocycles. The van der Waals surface area contributed by atoms with Crippen molar-refractivity contribution in [3.05, 3.63) is 58.3 Å². The standard InChI is InChI=1S/C16H14Cl2N2O2/c17-12-3-1-11(2-4-12)16-14(10-22-8-7-21)20-6-5-13(18)9-15(20)19-16/h1-6,9,21H,7-8,10H2. The van der Waals surface area contributed by atoms with Crippen molar-refractivity contribution in [3.63, 3.8) is 0 Å². The third kappa shape index (κ3) is 3.10. The van der Waals surface area contributed by atoms with Crippen molar-refractivity contribution in [2.45, 2.75) is 6.61 Å². The molecule has 0 bridgehead atoms. The normalized spacial score (nSPS) is 11.2. The first kappa shape index (κ1) is 15.3. The Hall–Kier alpha value is -1.59. The maximum absolute atomic E-state index is 8.88. The Morgan fingerprint density at radius 3 is 2.59 bits per heavy atom. The van der Waals surface area contributed by atoms with Gasteiger partial charge in [-0.1, -0.05) is 35.3 Å². The molecule has 1 aromatic carbocycles. The molecular weight excluding hydrogens is 323 g/mol. The number of aliphatic hydroxyl groups is 1. The summed E-state index contributed by atoms with van der Waals surface area (Å²) in [7, 11) is 0. The highest BCUT2D eigenvalue weighted by Gasteiger charge is 2.14. The van der Waals surface area contributed by atoms with Crippen molar-refractivity contribution in [2.75, 3.05) is 13.2 Å². The first-order chi connectivity index (χ1) is 10.7. The zero-order chi connectivity index (χ0) is 15.5. The molecule has 0 aliphatic carbocycles. The molecule has 3 rings (SSSR count). The second-order valence-electron chi connectivity index (χ2n) is 4.76. The van der Waals surface area contributed by atoms with Crippen LogP contribution < -0.4 is 0 Å². The summed E-state index contributed by atoms with van der Waals surface area (Å²) in [6.45, 7) is 0.612. The fourth-order valence-electron chi connectivity index (χ4n) is 2.28. The summed E-state index contributed by atoms with van der Waals surface area (Å²) < 4.78 is 7.42. The number of aromatic nitrogens is 2. The molecule has 0 aliphatic rings. The molecule has 0 radical (unpaired) electrons. The highest BCUT2D eigenvalue weighted by Crippen LogP contribution is 2.27. The second kappa shape index (κ2) is 6.67. The molecule has 4 nitrogen and oxygen atoms in total. The van der Waals surface area contributed by atoms with Gasteiger partial charge in [-0.15, -0.1) is 0 Å². The van der Waals surface area contributed by atoms with Crippen molar-refractivity contribution in [1.82, 2.24) is 9.38 Å². The molecule has 0 unspecified atom stereocenters. The number of aliphatic hydroxyl groups excluding tert-OH is 1. The van der Waals surface area contributed by atoms with E-state index < -0.39 is 0 Å². The molecule has 0 fully saturated rings. The Morgan fingerprint density at radius 2 is 1.86 bits per heavy atom. The van der Waals surface area contributed by atoms with Crippen LogP contribution in [0.15, 0.2) is 42.6 Å². The summed E-state index contributed by atoms with van der Waals surface area (Å²) in [6.07, 6.45) is 1.86. The van der Waals surface area contributed by atoms with Crippen molar-refractivity contribution in [1.29, 1.82) is 0 Å². The average Bonchev–Trinajstić information content (AvgIpc) is 2.86. The zero-order valence-electron chi connectivity index (χ0n) is 11.7. The number of fused-ring (bicyclic) bond motifs is 1. The van der Waals surface area contributed by atoms with Crippen LogP contribution in [-0.4, -0.2) is 27.7 Å². The molecule has 114 valence electrons. The number of nitrogens with zero attached hydrogens (tertiary/aromatic N) is 2. The minimum atomic E-state index is -0.0150. The quantitative estimate of drug-likeness (QED) is 0.720. The molecule has 1 N–H and O–H groups in total. The van der Waals surface area contributed by atoms with Crippen LogP contribution in [0.1, 0.15) is 5.69 Å². The zero-order valence-corrected chi connectivity index (χ0v) is 13.2. The van der Waals surface area contributed by atoms with Gasteiger partial charge in [0, 0.05) is 27.9 Å². The van der Waals surface area contributed by atoms with Gasteiger partial charge in [-0.05, 0) is 18.2 Å². The number of pyridine rings is 1. The predicted octanol–water partition coefficient (Wildman–Crippen LogP) is 3.82. The minimum Gasteiger partial charge on any atom is -0.394 e. The lowest BCUT2D eigenvalue weighted by atomic mass is 10.1. The van der Waals surface area contributed by atoms with Crippen LogP contribution in [0.3, 0.4) is 0 Å². The van der Waals surface area contributed by atoms with Gasteiger partial charge in [0.05, 0.1) is 31.2 Å². The predicted molar refractivity (Wildman–Crippen MR) is 87.4 cm³/mol. The van der Waals surface area contributed by atoms with E-state index in [4.69, 9.17) is 33.0 Å². The van der Waals surface area contributed by atoms with Crippen molar-refractivity contribution < 1.29 is 9.84 Å². The monoisotopic (exact) mass is 336 g/mol. The van der Waals surface area contributed by atoms with Crippen LogP contribution in [0.25, 0.3) is 16.9 Å². The van der Waals surface area contributed by atoms with Crippen molar-refractivity contribution in [2.24, 2.45) is 0 Å². The fourth-order valence-corrected chi connectivity index (χ4v) is 2.56. The molecule has 3 aromatic rings. The summed E-state index contributed by atoms with van der Waals surface area (Å²) >= 11 is 12.0. The van der Waals surface area contributed by atoms with Crippen LogP contribution in [0.5, 0.6) is 0 Å². The molecule has 0 saturated heterocycles. The third-order valence-electron chi connectivity index (χ3n) is 3.28. The molecule has 0 saturated carbocycles. The number of rotatable bonds is 5. The van der Waals surface area contributed by atoms with E-state index in [0.29, 0.717) is 16.7 Å². The first-order valence-corrected chi connectivity index (χ1v) is 7.55. The molecule has 0 aliphatic heterocycles. The number of hydrogen-bond donors (Lipinski definition) is 1. The van der Waals surface area contributed by atoms with E-state index in [1.165, 1.54) is 0 Å². The number of benzene rings is 1. The molecule has 0 atom stereocenters. The number of halogens is 2. The van der Waals surface area contributed by atoms with Gasteiger partial charge < -0.3 is 14.2 Å². The molecular formula is C16H14Cl2N2O2. The molecule has 6 heteroatoms. The van der Waals surface area contributed by atoms with Gasteiger partial charge in [-0.25, -0.2) is 4.98 Å². The number of ether oxygens (including phenoxy) is 1. The maximum Gasteiger partial charge on any atom is 0.139 e. The van der Waals surface area contributed by atoms with E-state index in [-0.39, 0.29) is 13.2 Å². The van der Waals surface area contributed by atoms with E-state index in [2.05, 4.69) is 4.98 Å². The Morgan fingerprint density at radius 1 is 1.09 bits per heavy atom. The van der Waals surface area contributed by atoms with Gasteiger partial charge in [0.1, 0.15) is 5.65 Å². The summed E-state index contributed by atoms with van der Waals surface area (Å²) in [5.74, 6) is 0. The van der Waals surface area contributed by atoms with Gasteiger partial charge in [-0.2, -0.15) is 0 Å². The van der Waals surface area contributed by atoms with E-state index >= 15 is 0 Å². The van der Waals surface area contributed by atoms with Gasteiger partial charge in [0.2, 0.25) is 0 Å². The van der Waals surface area contributed by atoms with E-state index in [1.807, 2.05) is 34.9 Å². The average molecular weight is 337 g/mol. The Balaban J connectivity index is 2.10. The Labute approximate surface area is 137 Å². The van der Waals surface area contributed by atoms with Crippen LogP contribution in [0.4, 0.5) is 0 Å². The molecule has 0 amide bonds. The number of imidazole rings is 1. The molecule has 0 spiro atoms. The summed E-state index contributed by atoms with van der Waals surface area (Å²) in [5.41, 5.74) is 3.42. The SMILES string of the molecule is OCCOCc1c(-c2ccc(Cl)cc2)nc2cc(Cl)ccn12. The van der Waals surface area contributed by atoms with Crippen LogP contribution in [0, 0.1) is 0 Å². The topological polar surface area (TPSA) is 46.8 Å². The van der Waals surface area contributed by atoms with Crippen molar-refractivity contribution in [3.8, 4) is 11.3 Å². The van der Waals surface area contributed by atoms with Crippen LogP contribution in [-0.2, 0) is 11.3 Å². The van der Waals surface area contributed by atoms with E-state index in [0.717, 1.165) is 22.6 Å².